The molecule has 0 radical (unpaired) electrons. The van der Waals surface area contributed by atoms with Gasteiger partial charge in [0.05, 0.1) is 5.69 Å². The first-order chi connectivity index (χ1) is 13.4. The number of para-hydroxylation sites is 1. The zero-order valence-corrected chi connectivity index (χ0v) is 16.8. The van der Waals surface area contributed by atoms with Crippen LogP contribution in [0.1, 0.15) is 56.8 Å². The van der Waals surface area contributed by atoms with Crippen LogP contribution in [0.25, 0.3) is 27.8 Å². The highest BCUT2D eigenvalue weighted by atomic mass is 15.1. The zero-order valence-electron chi connectivity index (χ0n) is 16.8. The van der Waals surface area contributed by atoms with Crippen molar-refractivity contribution in [1.29, 1.82) is 0 Å². The Hall–Kier alpha value is -2.82. The van der Waals surface area contributed by atoms with E-state index in [0.717, 1.165) is 28.2 Å². The van der Waals surface area contributed by atoms with Crippen molar-refractivity contribution in [3.05, 3.63) is 48.0 Å². The number of anilines is 1. The molecule has 144 valence electrons. The van der Waals surface area contributed by atoms with Gasteiger partial charge in [0.2, 0.25) is 0 Å². The lowest BCUT2D eigenvalue weighted by molar-refractivity contribution is 0.220. The van der Waals surface area contributed by atoms with Gasteiger partial charge in [-0.2, -0.15) is 0 Å². The van der Waals surface area contributed by atoms with Crippen LogP contribution in [0.15, 0.2) is 36.7 Å². The third-order valence-corrected chi connectivity index (χ3v) is 6.43. The molecule has 3 aromatic heterocycles. The Labute approximate surface area is 165 Å². The van der Waals surface area contributed by atoms with Crippen LogP contribution < -0.4 is 5.73 Å². The van der Waals surface area contributed by atoms with E-state index < -0.39 is 0 Å². The predicted octanol–water partition coefficient (Wildman–Crippen LogP) is 5.45. The zero-order chi connectivity index (χ0) is 19.5. The summed E-state index contributed by atoms with van der Waals surface area (Å²) in [5, 5.41) is 1.19. The van der Waals surface area contributed by atoms with Gasteiger partial charge >= 0.3 is 0 Å². The highest BCUT2D eigenvalue weighted by Crippen LogP contribution is 2.43. The average molecular weight is 374 g/mol. The van der Waals surface area contributed by atoms with E-state index >= 15 is 0 Å². The molecule has 5 rings (SSSR count). The summed E-state index contributed by atoms with van der Waals surface area (Å²) in [7, 11) is 0. The van der Waals surface area contributed by atoms with E-state index in [1.54, 1.807) is 6.20 Å². The van der Waals surface area contributed by atoms with Crippen LogP contribution in [-0.2, 0) is 0 Å². The van der Waals surface area contributed by atoms with E-state index in [2.05, 4.69) is 59.4 Å². The molecule has 0 bridgehead atoms. The normalized spacial score (nSPS) is 17.5. The number of fused-ring (bicyclic) bond motifs is 2. The molecule has 3 heterocycles. The van der Waals surface area contributed by atoms with Gasteiger partial charge in [0, 0.05) is 29.2 Å². The molecule has 0 spiro atoms. The number of imidazole rings is 1. The Kier molecular flexibility index (Phi) is 3.76. The molecule has 5 heteroatoms. The first kappa shape index (κ1) is 17.3. The van der Waals surface area contributed by atoms with Crippen molar-refractivity contribution in [2.75, 3.05) is 5.73 Å². The van der Waals surface area contributed by atoms with Crippen LogP contribution in [0.4, 0.5) is 5.82 Å². The average Bonchev–Trinajstić information content (AvgIpc) is 3.25. The standard InChI is InChI=1S/C23H27N5/c1-14-5-4-6-16-13-17(26-18(14)16)19-20-21(24)25-11-12-28(20)22(27-19)15-7-9-23(2,3)10-8-15/h4-6,11-13,15,26H,7-10H2,1-3H3,(H2,24,25). The van der Waals surface area contributed by atoms with E-state index in [0.29, 0.717) is 17.2 Å². The Morgan fingerprint density at radius 2 is 2.00 bits per heavy atom. The molecular formula is C23H27N5. The molecule has 0 aliphatic heterocycles. The van der Waals surface area contributed by atoms with Crippen molar-refractivity contribution >= 4 is 22.2 Å². The second-order valence-electron chi connectivity index (χ2n) is 9.01. The summed E-state index contributed by atoms with van der Waals surface area (Å²) in [5.41, 5.74) is 12.0. The van der Waals surface area contributed by atoms with Crippen LogP contribution >= 0.6 is 0 Å². The molecule has 1 saturated carbocycles. The number of hydrogen-bond donors (Lipinski definition) is 2. The quantitative estimate of drug-likeness (QED) is 0.490. The van der Waals surface area contributed by atoms with Gasteiger partial charge < -0.3 is 10.7 Å². The summed E-state index contributed by atoms with van der Waals surface area (Å²) < 4.78 is 2.17. The van der Waals surface area contributed by atoms with E-state index in [-0.39, 0.29) is 0 Å². The maximum absolute atomic E-state index is 6.32. The molecule has 5 nitrogen and oxygen atoms in total. The minimum Gasteiger partial charge on any atom is -0.382 e. The van der Waals surface area contributed by atoms with Crippen LogP contribution in [0.5, 0.6) is 0 Å². The van der Waals surface area contributed by atoms with Crippen molar-refractivity contribution < 1.29 is 0 Å². The minimum atomic E-state index is 0.432. The van der Waals surface area contributed by atoms with Gasteiger partial charge in [-0.3, -0.25) is 4.40 Å². The van der Waals surface area contributed by atoms with Crippen LogP contribution in [0.3, 0.4) is 0 Å². The molecule has 1 aromatic carbocycles. The van der Waals surface area contributed by atoms with Crippen LogP contribution in [0, 0.1) is 12.3 Å². The van der Waals surface area contributed by atoms with Gasteiger partial charge in [-0.25, -0.2) is 9.97 Å². The number of benzene rings is 1. The fraction of sp³-hybridized carbons (Fsp3) is 0.391. The van der Waals surface area contributed by atoms with Crippen LogP contribution in [0.2, 0.25) is 0 Å². The maximum Gasteiger partial charge on any atom is 0.150 e. The number of nitrogens with one attached hydrogen (secondary N) is 1. The number of hydrogen-bond acceptors (Lipinski definition) is 3. The van der Waals surface area contributed by atoms with E-state index in [4.69, 9.17) is 10.7 Å². The monoisotopic (exact) mass is 373 g/mol. The summed E-state index contributed by atoms with van der Waals surface area (Å²) in [6.07, 6.45) is 8.58. The summed E-state index contributed by atoms with van der Waals surface area (Å²) >= 11 is 0. The van der Waals surface area contributed by atoms with E-state index in [1.807, 2.05) is 6.20 Å². The fourth-order valence-corrected chi connectivity index (χ4v) is 4.66. The van der Waals surface area contributed by atoms with Crippen molar-refractivity contribution in [3.8, 4) is 11.4 Å². The van der Waals surface area contributed by atoms with Gasteiger partial charge in [0.1, 0.15) is 22.9 Å². The number of nitrogen functional groups attached to an aromatic ring is 1. The first-order valence-corrected chi connectivity index (χ1v) is 10.1. The Balaban J connectivity index is 1.68. The molecule has 1 aliphatic rings. The lowest BCUT2D eigenvalue weighted by Gasteiger charge is -2.33. The third-order valence-electron chi connectivity index (χ3n) is 6.43. The fourth-order valence-electron chi connectivity index (χ4n) is 4.66. The van der Waals surface area contributed by atoms with Gasteiger partial charge in [-0.15, -0.1) is 0 Å². The van der Waals surface area contributed by atoms with Gasteiger partial charge in [-0.1, -0.05) is 32.0 Å². The number of nitrogens with two attached hydrogens (primary N) is 1. The van der Waals surface area contributed by atoms with Crippen molar-refractivity contribution in [2.24, 2.45) is 5.41 Å². The van der Waals surface area contributed by atoms with Crippen LogP contribution in [-0.4, -0.2) is 19.4 Å². The molecule has 0 unspecified atom stereocenters. The van der Waals surface area contributed by atoms with Gasteiger partial charge in [0.15, 0.2) is 0 Å². The number of H-pyrrole nitrogens is 1. The van der Waals surface area contributed by atoms with Crippen molar-refractivity contribution in [2.45, 2.75) is 52.4 Å². The Morgan fingerprint density at radius 3 is 2.75 bits per heavy atom. The Bertz CT molecular complexity index is 1170. The SMILES string of the molecule is Cc1cccc2cc(-c3nc(C4CCC(C)(C)CC4)n4ccnc(N)c34)[nH]c12. The molecule has 0 amide bonds. The number of nitrogens with zero attached hydrogens (tertiary/aromatic N) is 3. The van der Waals surface area contributed by atoms with Crippen molar-refractivity contribution in [1.82, 2.24) is 19.4 Å². The minimum absolute atomic E-state index is 0.432. The summed E-state index contributed by atoms with van der Waals surface area (Å²) in [6.45, 7) is 6.86. The molecule has 3 N–H and O–H groups in total. The number of rotatable bonds is 2. The van der Waals surface area contributed by atoms with Crippen molar-refractivity contribution in [3.63, 3.8) is 0 Å². The third kappa shape index (κ3) is 2.68. The second kappa shape index (κ2) is 6.09. The molecule has 28 heavy (non-hydrogen) atoms. The number of aromatic nitrogens is 4. The number of aromatic amines is 1. The predicted molar refractivity (Wildman–Crippen MR) is 114 cm³/mol. The lowest BCUT2D eigenvalue weighted by atomic mass is 9.73. The molecular weight excluding hydrogens is 346 g/mol. The topological polar surface area (TPSA) is 72.0 Å². The molecule has 0 atom stereocenters. The molecule has 0 saturated heterocycles. The highest BCUT2D eigenvalue weighted by Gasteiger charge is 2.31. The van der Waals surface area contributed by atoms with Gasteiger partial charge in [0.25, 0.3) is 0 Å². The summed E-state index contributed by atoms with van der Waals surface area (Å²) in [5.74, 6) is 2.11. The highest BCUT2D eigenvalue weighted by molar-refractivity contribution is 5.92. The first-order valence-electron chi connectivity index (χ1n) is 10.1. The maximum atomic E-state index is 6.32. The van der Waals surface area contributed by atoms with E-state index in [1.165, 1.54) is 36.6 Å². The summed E-state index contributed by atoms with van der Waals surface area (Å²) in [4.78, 5) is 13.0. The molecule has 4 aromatic rings. The van der Waals surface area contributed by atoms with Gasteiger partial charge in [-0.05, 0) is 49.7 Å². The number of aryl methyl sites for hydroxylation is 1. The summed E-state index contributed by atoms with van der Waals surface area (Å²) in [6, 6.07) is 8.52. The molecule has 1 aliphatic carbocycles. The van der Waals surface area contributed by atoms with E-state index in [9.17, 15) is 0 Å². The molecule has 1 fully saturated rings. The lowest BCUT2D eigenvalue weighted by Crippen LogP contribution is -2.21. The Morgan fingerprint density at radius 1 is 1.21 bits per heavy atom. The largest absolute Gasteiger partial charge is 0.382 e. The smallest absolute Gasteiger partial charge is 0.150 e. The second-order valence-corrected chi connectivity index (χ2v) is 9.01.